The van der Waals surface area contributed by atoms with E-state index in [9.17, 15) is 22.8 Å². The van der Waals surface area contributed by atoms with E-state index in [1.165, 1.54) is 13.2 Å². The predicted molar refractivity (Wildman–Crippen MR) is 113 cm³/mol. The van der Waals surface area contributed by atoms with Crippen molar-refractivity contribution in [1.29, 1.82) is 0 Å². The third kappa shape index (κ3) is 5.92. The number of carbonyl (C=O) groups is 2. The zero-order valence-corrected chi connectivity index (χ0v) is 17.3. The molecule has 3 aromatic rings. The third-order valence-corrected chi connectivity index (χ3v) is 4.48. The van der Waals surface area contributed by atoms with Gasteiger partial charge in [-0.1, -0.05) is 11.6 Å². The molecule has 10 heteroatoms. The summed E-state index contributed by atoms with van der Waals surface area (Å²) in [6.45, 7) is 0. The molecule has 2 N–H and O–H groups in total. The molecule has 0 aliphatic carbocycles. The maximum atomic E-state index is 12.9. The molecule has 32 heavy (non-hydrogen) atoms. The van der Waals surface area contributed by atoms with Crippen molar-refractivity contribution in [3.8, 4) is 11.5 Å². The SMILES string of the molecule is COC(=O)c1ccc(Oc2ccc(NC(=O)Nc3ccc(Cl)c(C(F)(F)F)c3)cc2)cc1. The molecule has 0 spiro atoms. The Kier molecular flexibility index (Phi) is 6.89. The molecule has 2 amide bonds. The summed E-state index contributed by atoms with van der Waals surface area (Å²) in [5.74, 6) is 0.493. The van der Waals surface area contributed by atoms with E-state index in [0.29, 0.717) is 22.7 Å². The largest absolute Gasteiger partial charge is 0.465 e. The zero-order chi connectivity index (χ0) is 23.3. The second-order valence-corrected chi connectivity index (χ2v) is 6.82. The van der Waals surface area contributed by atoms with Gasteiger partial charge in [-0.3, -0.25) is 0 Å². The number of anilines is 2. The van der Waals surface area contributed by atoms with Gasteiger partial charge in [0, 0.05) is 11.4 Å². The Morgan fingerprint density at radius 1 is 0.844 bits per heavy atom. The number of benzene rings is 3. The van der Waals surface area contributed by atoms with Gasteiger partial charge >= 0.3 is 18.2 Å². The fraction of sp³-hybridized carbons (Fsp3) is 0.0909. The summed E-state index contributed by atoms with van der Waals surface area (Å²) in [6.07, 6.45) is -4.64. The second kappa shape index (κ2) is 9.61. The Morgan fingerprint density at radius 3 is 1.94 bits per heavy atom. The number of nitrogens with one attached hydrogen (secondary N) is 2. The van der Waals surface area contributed by atoms with Crippen molar-refractivity contribution in [2.45, 2.75) is 6.18 Å². The number of esters is 1. The molecule has 0 fully saturated rings. The van der Waals surface area contributed by atoms with Gasteiger partial charge in [-0.25, -0.2) is 9.59 Å². The molecule has 0 atom stereocenters. The Bertz CT molecular complexity index is 1120. The fourth-order valence-corrected chi connectivity index (χ4v) is 2.86. The van der Waals surface area contributed by atoms with Crippen LogP contribution in [0, 0.1) is 0 Å². The van der Waals surface area contributed by atoms with Gasteiger partial charge < -0.3 is 20.1 Å². The highest BCUT2D eigenvalue weighted by molar-refractivity contribution is 6.31. The van der Waals surface area contributed by atoms with Crippen molar-refractivity contribution in [3.05, 3.63) is 82.9 Å². The Labute approximate surface area is 185 Å². The molecule has 0 aliphatic rings. The number of amides is 2. The van der Waals surface area contributed by atoms with Crippen LogP contribution in [0.5, 0.6) is 11.5 Å². The minimum absolute atomic E-state index is 0.0606. The lowest BCUT2D eigenvalue weighted by molar-refractivity contribution is -0.137. The number of ether oxygens (including phenoxy) is 2. The number of hydrogen-bond acceptors (Lipinski definition) is 4. The minimum atomic E-state index is -4.64. The first-order valence-electron chi connectivity index (χ1n) is 9.07. The summed E-state index contributed by atoms with van der Waals surface area (Å²) in [5, 5.41) is 4.38. The van der Waals surface area contributed by atoms with E-state index < -0.39 is 28.8 Å². The fourth-order valence-electron chi connectivity index (χ4n) is 2.63. The van der Waals surface area contributed by atoms with Crippen LogP contribution >= 0.6 is 11.6 Å². The molecular weight excluding hydrogens is 449 g/mol. The number of rotatable bonds is 5. The van der Waals surface area contributed by atoms with Crippen LogP contribution in [0.15, 0.2) is 66.7 Å². The van der Waals surface area contributed by atoms with E-state index in [0.717, 1.165) is 12.1 Å². The zero-order valence-electron chi connectivity index (χ0n) is 16.5. The summed E-state index contributed by atoms with van der Waals surface area (Å²) in [4.78, 5) is 23.6. The third-order valence-electron chi connectivity index (χ3n) is 4.15. The summed E-state index contributed by atoms with van der Waals surface area (Å²) >= 11 is 5.57. The molecule has 6 nitrogen and oxygen atoms in total. The predicted octanol–water partition coefficient (Wildman–Crippen LogP) is 6.58. The van der Waals surface area contributed by atoms with Crippen molar-refractivity contribution in [2.24, 2.45) is 0 Å². The van der Waals surface area contributed by atoms with Crippen molar-refractivity contribution >= 4 is 35.0 Å². The Balaban J connectivity index is 1.60. The maximum Gasteiger partial charge on any atom is 0.417 e. The summed E-state index contributed by atoms with van der Waals surface area (Å²) in [7, 11) is 1.29. The van der Waals surface area contributed by atoms with Crippen molar-refractivity contribution in [2.75, 3.05) is 17.7 Å². The number of urea groups is 1. The molecule has 0 saturated carbocycles. The monoisotopic (exact) mass is 464 g/mol. The van der Waals surface area contributed by atoms with Crippen LogP contribution in [0.1, 0.15) is 15.9 Å². The molecule has 0 heterocycles. The highest BCUT2D eigenvalue weighted by Crippen LogP contribution is 2.36. The van der Waals surface area contributed by atoms with Crippen LogP contribution in [0.3, 0.4) is 0 Å². The van der Waals surface area contributed by atoms with Gasteiger partial charge in [0.15, 0.2) is 0 Å². The average molecular weight is 465 g/mol. The summed E-state index contributed by atoms with van der Waals surface area (Å²) in [5.41, 5.74) is -0.331. The minimum Gasteiger partial charge on any atom is -0.465 e. The van der Waals surface area contributed by atoms with Crippen LogP contribution in [-0.2, 0) is 10.9 Å². The lowest BCUT2D eigenvalue weighted by atomic mass is 10.2. The van der Waals surface area contributed by atoms with E-state index in [1.807, 2.05) is 0 Å². The van der Waals surface area contributed by atoms with Gasteiger partial charge in [0.05, 0.1) is 23.3 Å². The smallest absolute Gasteiger partial charge is 0.417 e. The van der Waals surface area contributed by atoms with Gasteiger partial charge in [0.25, 0.3) is 0 Å². The maximum absolute atomic E-state index is 12.9. The molecule has 166 valence electrons. The van der Waals surface area contributed by atoms with Crippen LogP contribution in [-0.4, -0.2) is 19.1 Å². The second-order valence-electron chi connectivity index (χ2n) is 6.41. The lowest BCUT2D eigenvalue weighted by Crippen LogP contribution is -2.19. The van der Waals surface area contributed by atoms with Gasteiger partial charge in [0.1, 0.15) is 11.5 Å². The first-order valence-corrected chi connectivity index (χ1v) is 9.44. The van der Waals surface area contributed by atoms with Crippen LogP contribution in [0.25, 0.3) is 0 Å². The highest BCUT2D eigenvalue weighted by atomic mass is 35.5. The number of hydrogen-bond donors (Lipinski definition) is 2. The quantitative estimate of drug-likeness (QED) is 0.418. The van der Waals surface area contributed by atoms with E-state index in [4.69, 9.17) is 16.3 Å². The van der Waals surface area contributed by atoms with Crippen molar-refractivity contribution in [3.63, 3.8) is 0 Å². The first-order chi connectivity index (χ1) is 15.2. The lowest BCUT2D eigenvalue weighted by Gasteiger charge is -2.12. The van der Waals surface area contributed by atoms with E-state index in [1.54, 1.807) is 48.5 Å². The molecule has 3 aromatic carbocycles. The highest BCUT2D eigenvalue weighted by Gasteiger charge is 2.33. The number of methoxy groups -OCH3 is 1. The number of carbonyl (C=O) groups excluding carboxylic acids is 2. The standard InChI is InChI=1S/C22H16ClF3N2O4/c1-31-20(29)13-2-7-16(8-3-13)32-17-9-4-14(5-10-17)27-21(30)28-15-6-11-19(23)18(12-15)22(24,25)26/h2-12H,1H3,(H2,27,28,30). The molecule has 0 radical (unpaired) electrons. The molecule has 3 rings (SSSR count). The van der Waals surface area contributed by atoms with E-state index in [-0.39, 0.29) is 5.69 Å². The molecule has 0 bridgehead atoms. The summed E-state index contributed by atoms with van der Waals surface area (Å²) < 4.78 is 49.1. The molecule has 0 aromatic heterocycles. The van der Waals surface area contributed by atoms with Crippen LogP contribution < -0.4 is 15.4 Å². The van der Waals surface area contributed by atoms with Crippen molar-refractivity contribution < 1.29 is 32.2 Å². The normalized spacial score (nSPS) is 10.9. The van der Waals surface area contributed by atoms with Gasteiger partial charge in [-0.05, 0) is 66.7 Å². The molecule has 0 unspecified atom stereocenters. The van der Waals surface area contributed by atoms with E-state index in [2.05, 4.69) is 15.4 Å². The Hall–Kier alpha value is -3.72. The first kappa shape index (κ1) is 23.0. The topological polar surface area (TPSA) is 76.7 Å². The number of halogens is 4. The van der Waals surface area contributed by atoms with Gasteiger partial charge in [-0.15, -0.1) is 0 Å². The molecule has 0 aliphatic heterocycles. The number of alkyl halides is 3. The average Bonchev–Trinajstić information content (AvgIpc) is 2.75. The van der Waals surface area contributed by atoms with Crippen molar-refractivity contribution in [1.82, 2.24) is 0 Å². The Morgan fingerprint density at radius 2 is 1.38 bits per heavy atom. The van der Waals surface area contributed by atoms with E-state index >= 15 is 0 Å². The molecular formula is C22H16ClF3N2O4. The molecule has 0 saturated heterocycles. The van der Waals surface area contributed by atoms with Gasteiger partial charge in [0.2, 0.25) is 0 Å². The summed E-state index contributed by atoms with van der Waals surface area (Å²) in [6, 6.07) is 15.0. The van der Waals surface area contributed by atoms with Crippen LogP contribution in [0.2, 0.25) is 5.02 Å². The van der Waals surface area contributed by atoms with Gasteiger partial charge in [-0.2, -0.15) is 13.2 Å². The van der Waals surface area contributed by atoms with Crippen LogP contribution in [0.4, 0.5) is 29.3 Å².